The van der Waals surface area contributed by atoms with Crippen LogP contribution in [0.1, 0.15) is 18.9 Å². The second-order valence-electron chi connectivity index (χ2n) is 4.98. The Morgan fingerprint density at radius 1 is 1.19 bits per heavy atom. The SMILES string of the molecule is CNc1ccc(S(=O)(=O)Nc2nnc(CC(C)C)s2)cc1. The highest BCUT2D eigenvalue weighted by Gasteiger charge is 2.17. The molecule has 6 nitrogen and oxygen atoms in total. The lowest BCUT2D eigenvalue weighted by atomic mass is 10.1. The van der Waals surface area contributed by atoms with Gasteiger partial charge in [0.25, 0.3) is 10.0 Å². The van der Waals surface area contributed by atoms with E-state index >= 15 is 0 Å². The normalized spacial score (nSPS) is 11.6. The Hall–Kier alpha value is -1.67. The van der Waals surface area contributed by atoms with E-state index in [9.17, 15) is 8.42 Å². The fraction of sp³-hybridized carbons (Fsp3) is 0.385. The van der Waals surface area contributed by atoms with Crippen molar-refractivity contribution in [3.8, 4) is 0 Å². The maximum absolute atomic E-state index is 12.2. The maximum Gasteiger partial charge on any atom is 0.263 e. The van der Waals surface area contributed by atoms with Gasteiger partial charge in [0.15, 0.2) is 0 Å². The first-order chi connectivity index (χ1) is 9.90. The first-order valence-electron chi connectivity index (χ1n) is 6.53. The van der Waals surface area contributed by atoms with Crippen molar-refractivity contribution >= 4 is 32.2 Å². The maximum atomic E-state index is 12.2. The third-order valence-corrected chi connectivity index (χ3v) is 5.07. The molecule has 0 aliphatic rings. The third kappa shape index (κ3) is 4.15. The molecule has 0 unspecified atom stereocenters. The number of anilines is 2. The van der Waals surface area contributed by atoms with Crippen LogP contribution in [-0.2, 0) is 16.4 Å². The van der Waals surface area contributed by atoms with Crippen molar-refractivity contribution < 1.29 is 8.42 Å². The van der Waals surface area contributed by atoms with Crippen molar-refractivity contribution in [1.29, 1.82) is 0 Å². The van der Waals surface area contributed by atoms with E-state index in [4.69, 9.17) is 0 Å². The number of hydrogen-bond donors (Lipinski definition) is 2. The smallest absolute Gasteiger partial charge is 0.263 e. The average molecular weight is 326 g/mol. The average Bonchev–Trinajstić information content (AvgIpc) is 2.84. The molecule has 0 radical (unpaired) electrons. The molecule has 0 fully saturated rings. The zero-order valence-electron chi connectivity index (χ0n) is 12.1. The molecule has 2 aromatic rings. The second kappa shape index (κ2) is 6.40. The summed E-state index contributed by atoms with van der Waals surface area (Å²) in [5.74, 6) is 0.455. The van der Waals surface area contributed by atoms with Gasteiger partial charge in [0.1, 0.15) is 5.01 Å². The van der Waals surface area contributed by atoms with Crippen LogP contribution in [0.2, 0.25) is 0 Å². The summed E-state index contributed by atoms with van der Waals surface area (Å²) in [7, 11) is -1.85. The largest absolute Gasteiger partial charge is 0.388 e. The van der Waals surface area contributed by atoms with E-state index in [0.29, 0.717) is 11.0 Å². The molecule has 0 bridgehead atoms. The number of rotatable bonds is 6. The summed E-state index contributed by atoms with van der Waals surface area (Å²) in [6, 6.07) is 6.51. The highest BCUT2D eigenvalue weighted by atomic mass is 32.2. The van der Waals surface area contributed by atoms with Crippen molar-refractivity contribution in [3.05, 3.63) is 29.3 Å². The first kappa shape index (κ1) is 15.7. The van der Waals surface area contributed by atoms with E-state index in [0.717, 1.165) is 17.1 Å². The summed E-state index contributed by atoms with van der Waals surface area (Å²) in [6.45, 7) is 4.16. The van der Waals surface area contributed by atoms with Gasteiger partial charge in [0, 0.05) is 19.2 Å². The van der Waals surface area contributed by atoms with E-state index in [1.165, 1.54) is 11.3 Å². The quantitative estimate of drug-likeness (QED) is 0.852. The minimum absolute atomic E-state index is 0.196. The molecule has 1 heterocycles. The van der Waals surface area contributed by atoms with Crippen LogP contribution in [-0.4, -0.2) is 25.7 Å². The monoisotopic (exact) mass is 326 g/mol. The lowest BCUT2D eigenvalue weighted by Crippen LogP contribution is -2.12. The summed E-state index contributed by atoms with van der Waals surface area (Å²) < 4.78 is 26.9. The van der Waals surface area contributed by atoms with Gasteiger partial charge < -0.3 is 5.32 Å². The number of aromatic nitrogens is 2. The molecule has 1 aromatic carbocycles. The van der Waals surface area contributed by atoms with Crippen LogP contribution in [0.15, 0.2) is 29.2 Å². The number of nitrogens with zero attached hydrogens (tertiary/aromatic N) is 2. The van der Waals surface area contributed by atoms with E-state index in [-0.39, 0.29) is 4.90 Å². The van der Waals surface area contributed by atoms with Crippen LogP contribution in [0.4, 0.5) is 10.8 Å². The van der Waals surface area contributed by atoms with Crippen LogP contribution in [0.25, 0.3) is 0 Å². The molecule has 0 saturated heterocycles. The second-order valence-corrected chi connectivity index (χ2v) is 7.72. The summed E-state index contributed by atoms with van der Waals surface area (Å²) >= 11 is 1.27. The van der Waals surface area contributed by atoms with Gasteiger partial charge in [-0.05, 0) is 30.2 Å². The molecule has 1 aromatic heterocycles. The molecule has 114 valence electrons. The highest BCUT2D eigenvalue weighted by Crippen LogP contribution is 2.22. The van der Waals surface area contributed by atoms with Gasteiger partial charge in [0.2, 0.25) is 5.13 Å². The number of hydrogen-bond acceptors (Lipinski definition) is 6. The van der Waals surface area contributed by atoms with Gasteiger partial charge >= 0.3 is 0 Å². The Balaban J connectivity index is 2.14. The molecular formula is C13H18N4O2S2. The van der Waals surface area contributed by atoms with Crippen molar-refractivity contribution in [3.63, 3.8) is 0 Å². The molecule has 0 saturated carbocycles. The van der Waals surface area contributed by atoms with Gasteiger partial charge in [-0.3, -0.25) is 4.72 Å². The highest BCUT2D eigenvalue weighted by molar-refractivity contribution is 7.93. The van der Waals surface area contributed by atoms with Crippen LogP contribution < -0.4 is 10.0 Å². The Morgan fingerprint density at radius 3 is 2.43 bits per heavy atom. The molecule has 0 atom stereocenters. The zero-order valence-corrected chi connectivity index (χ0v) is 13.8. The molecule has 0 spiro atoms. The Labute approximate surface area is 128 Å². The van der Waals surface area contributed by atoms with Crippen LogP contribution in [0.3, 0.4) is 0 Å². The van der Waals surface area contributed by atoms with Gasteiger partial charge in [-0.15, -0.1) is 10.2 Å². The number of benzene rings is 1. The van der Waals surface area contributed by atoms with Crippen LogP contribution in [0, 0.1) is 5.92 Å². The van der Waals surface area contributed by atoms with E-state index < -0.39 is 10.0 Å². The van der Waals surface area contributed by atoms with Crippen molar-refractivity contribution in [2.75, 3.05) is 17.1 Å². The predicted molar refractivity (Wildman–Crippen MR) is 85.2 cm³/mol. The molecule has 21 heavy (non-hydrogen) atoms. The summed E-state index contributed by atoms with van der Waals surface area (Å²) in [5.41, 5.74) is 0.851. The van der Waals surface area contributed by atoms with Gasteiger partial charge in [0.05, 0.1) is 4.90 Å². The Morgan fingerprint density at radius 2 is 1.86 bits per heavy atom. The lowest BCUT2D eigenvalue weighted by molar-refractivity contribution is 0.601. The molecule has 2 N–H and O–H groups in total. The van der Waals surface area contributed by atoms with Crippen molar-refractivity contribution in [1.82, 2.24) is 10.2 Å². The minimum Gasteiger partial charge on any atom is -0.388 e. The van der Waals surface area contributed by atoms with Gasteiger partial charge in [-0.1, -0.05) is 25.2 Å². The van der Waals surface area contributed by atoms with E-state index in [1.54, 1.807) is 31.3 Å². The predicted octanol–water partition coefficient (Wildman–Crippen LogP) is 2.58. The van der Waals surface area contributed by atoms with Gasteiger partial charge in [-0.25, -0.2) is 8.42 Å². The fourth-order valence-corrected chi connectivity index (χ4v) is 3.88. The zero-order chi connectivity index (χ0) is 15.5. The molecule has 0 amide bonds. The first-order valence-corrected chi connectivity index (χ1v) is 8.83. The lowest BCUT2D eigenvalue weighted by Gasteiger charge is -2.05. The van der Waals surface area contributed by atoms with Crippen LogP contribution >= 0.6 is 11.3 Å². The van der Waals surface area contributed by atoms with Crippen molar-refractivity contribution in [2.45, 2.75) is 25.2 Å². The van der Waals surface area contributed by atoms with E-state index in [2.05, 4.69) is 34.1 Å². The molecule has 8 heteroatoms. The summed E-state index contributed by atoms with van der Waals surface area (Å²) in [4.78, 5) is 0.196. The third-order valence-electron chi connectivity index (χ3n) is 2.72. The fourth-order valence-electron chi connectivity index (χ4n) is 1.70. The minimum atomic E-state index is -3.62. The van der Waals surface area contributed by atoms with Crippen LogP contribution in [0.5, 0.6) is 0 Å². The van der Waals surface area contributed by atoms with E-state index in [1.807, 2.05) is 0 Å². The molecule has 0 aliphatic heterocycles. The Kier molecular flexibility index (Phi) is 4.79. The van der Waals surface area contributed by atoms with Gasteiger partial charge in [-0.2, -0.15) is 0 Å². The topological polar surface area (TPSA) is 84.0 Å². The molecule has 0 aliphatic carbocycles. The standard InChI is InChI=1S/C13H18N4O2S2/c1-9(2)8-12-15-16-13(20-12)17-21(18,19)11-6-4-10(14-3)5-7-11/h4-7,9,14H,8H2,1-3H3,(H,16,17). The van der Waals surface area contributed by atoms with Crippen molar-refractivity contribution in [2.24, 2.45) is 5.92 Å². The number of sulfonamides is 1. The summed E-state index contributed by atoms with van der Waals surface area (Å²) in [5, 5.41) is 11.9. The molecule has 2 rings (SSSR count). The number of nitrogens with one attached hydrogen (secondary N) is 2. The Bertz CT molecular complexity index is 693. The molecular weight excluding hydrogens is 308 g/mol. The summed E-state index contributed by atoms with van der Waals surface area (Å²) in [6.07, 6.45) is 0.788.